The maximum atomic E-state index is 10.9. The van der Waals surface area contributed by atoms with E-state index in [4.69, 9.17) is 9.84 Å². The number of aliphatic carboxylic acids is 1. The number of hydrogen-bond acceptors (Lipinski definition) is 5. The van der Waals surface area contributed by atoms with Crippen LogP contribution in [0.3, 0.4) is 0 Å². The zero-order chi connectivity index (χ0) is 13.8. The predicted octanol–water partition coefficient (Wildman–Crippen LogP) is 1.63. The highest BCUT2D eigenvalue weighted by molar-refractivity contribution is 5.68. The molecule has 1 atom stereocenters. The van der Waals surface area contributed by atoms with E-state index in [2.05, 4.69) is 9.97 Å². The molecule has 1 fully saturated rings. The van der Waals surface area contributed by atoms with Crippen LogP contribution in [0.25, 0.3) is 0 Å². The van der Waals surface area contributed by atoms with Crippen LogP contribution >= 0.6 is 0 Å². The van der Waals surface area contributed by atoms with Crippen LogP contribution in [0.15, 0.2) is 6.07 Å². The summed E-state index contributed by atoms with van der Waals surface area (Å²) in [4.78, 5) is 21.6. The van der Waals surface area contributed by atoms with Crippen LogP contribution in [0.5, 0.6) is 5.88 Å². The Morgan fingerprint density at radius 2 is 2.37 bits per heavy atom. The SMILES string of the molecule is CCOc1cc(C)nc(N2CCCC2CC(=O)O)n1. The monoisotopic (exact) mass is 265 g/mol. The number of carboxylic acid groups (broad SMARTS) is 1. The lowest BCUT2D eigenvalue weighted by atomic mass is 10.1. The standard InChI is InChI=1S/C13H19N3O3/c1-3-19-11-7-9(2)14-13(15-11)16-6-4-5-10(16)8-12(17)18/h7,10H,3-6,8H2,1-2H3,(H,17,18). The highest BCUT2D eigenvalue weighted by Gasteiger charge is 2.29. The number of aromatic nitrogens is 2. The van der Waals surface area contributed by atoms with Crippen LogP contribution in [0.2, 0.25) is 0 Å². The number of nitrogens with zero attached hydrogens (tertiary/aromatic N) is 3. The summed E-state index contributed by atoms with van der Waals surface area (Å²) in [6.45, 7) is 5.14. The Morgan fingerprint density at radius 1 is 1.58 bits per heavy atom. The summed E-state index contributed by atoms with van der Waals surface area (Å²) in [6, 6.07) is 1.77. The molecular formula is C13H19N3O3. The molecular weight excluding hydrogens is 246 g/mol. The van der Waals surface area contributed by atoms with E-state index in [1.54, 1.807) is 6.07 Å². The molecule has 2 rings (SSSR count). The zero-order valence-electron chi connectivity index (χ0n) is 11.3. The summed E-state index contributed by atoms with van der Waals surface area (Å²) in [7, 11) is 0. The summed E-state index contributed by atoms with van der Waals surface area (Å²) in [5.74, 6) is 0.341. The third-order valence-electron chi connectivity index (χ3n) is 3.16. The number of carboxylic acids is 1. The van der Waals surface area contributed by atoms with Crippen LogP contribution in [0.4, 0.5) is 5.95 Å². The van der Waals surface area contributed by atoms with Gasteiger partial charge in [0, 0.05) is 24.3 Å². The first-order chi connectivity index (χ1) is 9.10. The van der Waals surface area contributed by atoms with E-state index < -0.39 is 5.97 Å². The van der Waals surface area contributed by atoms with Crippen molar-refractivity contribution in [3.63, 3.8) is 0 Å². The number of carbonyl (C=O) groups is 1. The van der Waals surface area contributed by atoms with Gasteiger partial charge in [-0.1, -0.05) is 0 Å². The summed E-state index contributed by atoms with van der Waals surface area (Å²) < 4.78 is 5.41. The summed E-state index contributed by atoms with van der Waals surface area (Å²) in [5, 5.41) is 8.94. The average Bonchev–Trinajstić information content (AvgIpc) is 2.75. The minimum atomic E-state index is -0.783. The Balaban J connectivity index is 2.22. The van der Waals surface area contributed by atoms with Gasteiger partial charge in [-0.3, -0.25) is 4.79 Å². The summed E-state index contributed by atoms with van der Waals surface area (Å²) >= 11 is 0. The Labute approximate surface area is 112 Å². The summed E-state index contributed by atoms with van der Waals surface area (Å²) in [6.07, 6.45) is 1.97. The van der Waals surface area contributed by atoms with Crippen LogP contribution in [-0.4, -0.2) is 40.2 Å². The second-order valence-corrected chi connectivity index (χ2v) is 4.67. The first kappa shape index (κ1) is 13.6. The fourth-order valence-electron chi connectivity index (χ4n) is 2.39. The van der Waals surface area contributed by atoms with E-state index in [0.717, 1.165) is 25.1 Å². The normalized spacial score (nSPS) is 18.6. The molecule has 1 N–H and O–H groups in total. The molecule has 104 valence electrons. The fourth-order valence-corrected chi connectivity index (χ4v) is 2.39. The minimum Gasteiger partial charge on any atom is -0.481 e. The first-order valence-electron chi connectivity index (χ1n) is 6.57. The Kier molecular flexibility index (Phi) is 4.19. The lowest BCUT2D eigenvalue weighted by Gasteiger charge is -2.23. The molecule has 2 heterocycles. The van der Waals surface area contributed by atoms with E-state index in [0.29, 0.717) is 18.4 Å². The van der Waals surface area contributed by atoms with Gasteiger partial charge in [-0.15, -0.1) is 0 Å². The second kappa shape index (κ2) is 5.86. The van der Waals surface area contributed by atoms with E-state index in [1.165, 1.54) is 0 Å². The van der Waals surface area contributed by atoms with Crippen molar-refractivity contribution in [2.24, 2.45) is 0 Å². The molecule has 1 aliphatic heterocycles. The van der Waals surface area contributed by atoms with E-state index >= 15 is 0 Å². The first-order valence-corrected chi connectivity index (χ1v) is 6.57. The van der Waals surface area contributed by atoms with Crippen LogP contribution < -0.4 is 9.64 Å². The third-order valence-corrected chi connectivity index (χ3v) is 3.16. The maximum absolute atomic E-state index is 10.9. The van der Waals surface area contributed by atoms with E-state index in [-0.39, 0.29) is 12.5 Å². The van der Waals surface area contributed by atoms with Crippen molar-refractivity contribution < 1.29 is 14.6 Å². The molecule has 19 heavy (non-hydrogen) atoms. The van der Waals surface area contributed by atoms with Crippen LogP contribution in [0.1, 0.15) is 31.9 Å². The zero-order valence-corrected chi connectivity index (χ0v) is 11.3. The molecule has 0 aromatic carbocycles. The van der Waals surface area contributed by atoms with Gasteiger partial charge < -0.3 is 14.7 Å². The Hall–Kier alpha value is -1.85. The molecule has 0 saturated carbocycles. The topological polar surface area (TPSA) is 75.5 Å². The van der Waals surface area contributed by atoms with Gasteiger partial charge in [0.2, 0.25) is 11.8 Å². The van der Waals surface area contributed by atoms with Crippen molar-refractivity contribution in [2.45, 2.75) is 39.2 Å². The van der Waals surface area contributed by atoms with Crippen molar-refractivity contribution in [3.8, 4) is 5.88 Å². The number of hydrogen-bond donors (Lipinski definition) is 1. The van der Waals surface area contributed by atoms with Crippen molar-refractivity contribution in [2.75, 3.05) is 18.1 Å². The number of ether oxygens (including phenoxy) is 1. The van der Waals surface area contributed by atoms with Crippen molar-refractivity contribution in [3.05, 3.63) is 11.8 Å². The van der Waals surface area contributed by atoms with E-state index in [9.17, 15) is 4.79 Å². The summed E-state index contributed by atoms with van der Waals surface area (Å²) in [5.41, 5.74) is 0.828. The highest BCUT2D eigenvalue weighted by Crippen LogP contribution is 2.26. The number of rotatable bonds is 5. The Morgan fingerprint density at radius 3 is 3.05 bits per heavy atom. The molecule has 1 aromatic rings. The molecule has 0 bridgehead atoms. The fraction of sp³-hybridized carbons (Fsp3) is 0.615. The third kappa shape index (κ3) is 3.33. The minimum absolute atomic E-state index is 0.0197. The smallest absolute Gasteiger partial charge is 0.305 e. The molecule has 0 radical (unpaired) electrons. The van der Waals surface area contributed by atoms with Gasteiger partial charge in [-0.25, -0.2) is 4.98 Å². The lowest BCUT2D eigenvalue weighted by molar-refractivity contribution is -0.137. The van der Waals surface area contributed by atoms with Gasteiger partial charge >= 0.3 is 5.97 Å². The average molecular weight is 265 g/mol. The van der Waals surface area contributed by atoms with Gasteiger partial charge in [0.1, 0.15) is 0 Å². The van der Waals surface area contributed by atoms with Crippen LogP contribution in [-0.2, 0) is 4.79 Å². The largest absolute Gasteiger partial charge is 0.481 e. The molecule has 0 amide bonds. The van der Waals surface area contributed by atoms with Gasteiger partial charge in [-0.2, -0.15) is 4.98 Å². The maximum Gasteiger partial charge on any atom is 0.305 e. The molecule has 0 spiro atoms. The lowest BCUT2D eigenvalue weighted by Crippen LogP contribution is -2.32. The van der Waals surface area contributed by atoms with Crippen molar-refractivity contribution in [1.82, 2.24) is 9.97 Å². The molecule has 6 nitrogen and oxygen atoms in total. The quantitative estimate of drug-likeness (QED) is 0.872. The van der Waals surface area contributed by atoms with Crippen molar-refractivity contribution in [1.29, 1.82) is 0 Å². The van der Waals surface area contributed by atoms with Gasteiger partial charge in [-0.05, 0) is 26.7 Å². The molecule has 1 aliphatic rings. The van der Waals surface area contributed by atoms with Gasteiger partial charge in [0.05, 0.1) is 13.0 Å². The number of aryl methyl sites for hydroxylation is 1. The molecule has 1 aromatic heterocycles. The molecule has 6 heteroatoms. The van der Waals surface area contributed by atoms with Gasteiger partial charge in [0.25, 0.3) is 0 Å². The number of anilines is 1. The Bertz CT molecular complexity index is 464. The van der Waals surface area contributed by atoms with Gasteiger partial charge in [0.15, 0.2) is 0 Å². The second-order valence-electron chi connectivity index (χ2n) is 4.67. The molecule has 1 saturated heterocycles. The molecule has 0 aliphatic carbocycles. The van der Waals surface area contributed by atoms with E-state index in [1.807, 2.05) is 18.7 Å². The van der Waals surface area contributed by atoms with Crippen molar-refractivity contribution >= 4 is 11.9 Å². The van der Waals surface area contributed by atoms with Crippen LogP contribution in [0, 0.1) is 6.92 Å². The predicted molar refractivity (Wildman–Crippen MR) is 70.6 cm³/mol. The molecule has 1 unspecified atom stereocenters. The highest BCUT2D eigenvalue weighted by atomic mass is 16.5.